The lowest BCUT2D eigenvalue weighted by molar-refractivity contribution is 0.0952. The van der Waals surface area contributed by atoms with Crippen LogP contribution >= 0.6 is 11.6 Å². The summed E-state index contributed by atoms with van der Waals surface area (Å²) in [6, 6.07) is 24.3. The van der Waals surface area contributed by atoms with Crippen molar-refractivity contribution in [2.45, 2.75) is 6.54 Å². The van der Waals surface area contributed by atoms with Gasteiger partial charge in [-0.3, -0.25) is 4.79 Å². The Morgan fingerprint density at radius 3 is 2.47 bits per heavy atom. The highest BCUT2D eigenvalue weighted by Crippen LogP contribution is 2.24. The summed E-state index contributed by atoms with van der Waals surface area (Å²) in [6.07, 6.45) is 0. The number of hydrogen-bond acceptors (Lipinski definition) is 4. The third kappa shape index (κ3) is 4.53. The summed E-state index contributed by atoms with van der Waals surface area (Å²) < 4.78 is 5.19. The highest BCUT2D eigenvalue weighted by atomic mass is 35.5. The monoisotopic (exact) mass is 417 g/mol. The molecule has 1 heterocycles. The van der Waals surface area contributed by atoms with Crippen LogP contribution in [0.15, 0.2) is 78.9 Å². The molecule has 0 saturated heterocycles. The normalized spacial score (nSPS) is 10.6. The van der Waals surface area contributed by atoms with Crippen LogP contribution in [0.5, 0.6) is 5.75 Å². The Labute approximate surface area is 179 Å². The van der Waals surface area contributed by atoms with Crippen LogP contribution in [0.3, 0.4) is 0 Å². The quantitative estimate of drug-likeness (QED) is 0.430. The fraction of sp³-hybridized carbons (Fsp3) is 0.0833. The summed E-state index contributed by atoms with van der Waals surface area (Å²) in [5.41, 5.74) is 3.13. The van der Waals surface area contributed by atoms with Crippen molar-refractivity contribution in [3.05, 3.63) is 95.0 Å². The average Bonchev–Trinajstić information content (AvgIpc) is 2.78. The van der Waals surface area contributed by atoms with Gasteiger partial charge in [0.1, 0.15) is 11.6 Å². The van der Waals surface area contributed by atoms with Crippen molar-refractivity contribution in [3.8, 4) is 5.75 Å². The molecule has 0 unspecified atom stereocenters. The van der Waals surface area contributed by atoms with Gasteiger partial charge in [-0.15, -0.1) is 0 Å². The number of ether oxygens (including phenoxy) is 1. The number of nitrogens with one attached hydrogen (secondary N) is 2. The Balaban J connectivity index is 1.60. The number of anilines is 2. The molecule has 0 aliphatic heterocycles. The summed E-state index contributed by atoms with van der Waals surface area (Å²) in [7, 11) is 1.63. The van der Waals surface area contributed by atoms with Gasteiger partial charge in [0.25, 0.3) is 5.91 Å². The SMILES string of the molecule is COc1ccc(Nc2cc(C(=O)NCc3ccc(Cl)cc3)c3ccccc3n2)cc1. The Kier molecular flexibility index (Phi) is 5.82. The third-order valence-corrected chi connectivity index (χ3v) is 4.94. The van der Waals surface area contributed by atoms with Crippen molar-refractivity contribution >= 4 is 39.9 Å². The first-order chi connectivity index (χ1) is 14.6. The van der Waals surface area contributed by atoms with Crippen LogP contribution < -0.4 is 15.4 Å². The average molecular weight is 418 g/mol. The molecule has 0 saturated carbocycles. The number of fused-ring (bicyclic) bond motifs is 1. The van der Waals surface area contributed by atoms with Crippen LogP contribution in [0.1, 0.15) is 15.9 Å². The van der Waals surface area contributed by atoms with Gasteiger partial charge in [0, 0.05) is 22.6 Å². The number of carbonyl (C=O) groups is 1. The van der Waals surface area contributed by atoms with Crippen LogP contribution in [-0.4, -0.2) is 18.0 Å². The number of aromatic nitrogens is 1. The fourth-order valence-electron chi connectivity index (χ4n) is 3.13. The number of nitrogens with zero attached hydrogens (tertiary/aromatic N) is 1. The minimum absolute atomic E-state index is 0.165. The molecular weight excluding hydrogens is 398 g/mol. The van der Waals surface area contributed by atoms with E-state index in [1.54, 1.807) is 13.2 Å². The molecule has 0 aliphatic rings. The molecule has 0 spiro atoms. The molecule has 1 aromatic heterocycles. The molecule has 0 radical (unpaired) electrons. The molecule has 6 heteroatoms. The van der Waals surface area contributed by atoms with E-state index in [1.165, 1.54) is 0 Å². The largest absolute Gasteiger partial charge is 0.497 e. The van der Waals surface area contributed by atoms with Crippen molar-refractivity contribution in [1.82, 2.24) is 10.3 Å². The highest BCUT2D eigenvalue weighted by molar-refractivity contribution is 6.30. The van der Waals surface area contributed by atoms with Gasteiger partial charge in [-0.2, -0.15) is 0 Å². The number of hydrogen-bond donors (Lipinski definition) is 2. The van der Waals surface area contributed by atoms with Crippen molar-refractivity contribution < 1.29 is 9.53 Å². The van der Waals surface area contributed by atoms with Gasteiger partial charge >= 0.3 is 0 Å². The Morgan fingerprint density at radius 1 is 1.00 bits per heavy atom. The maximum atomic E-state index is 13.0. The number of carbonyl (C=O) groups excluding carboxylic acids is 1. The topological polar surface area (TPSA) is 63.2 Å². The maximum Gasteiger partial charge on any atom is 0.252 e. The molecular formula is C24H20ClN3O2. The first-order valence-corrected chi connectivity index (χ1v) is 9.84. The lowest BCUT2D eigenvalue weighted by atomic mass is 10.1. The predicted molar refractivity (Wildman–Crippen MR) is 121 cm³/mol. The van der Waals surface area contributed by atoms with Gasteiger partial charge in [0.15, 0.2) is 0 Å². The molecule has 30 heavy (non-hydrogen) atoms. The van der Waals surface area contributed by atoms with E-state index in [2.05, 4.69) is 15.6 Å². The zero-order valence-corrected chi connectivity index (χ0v) is 17.1. The molecule has 3 aromatic carbocycles. The number of benzene rings is 3. The van der Waals surface area contributed by atoms with E-state index < -0.39 is 0 Å². The lowest BCUT2D eigenvalue weighted by Gasteiger charge is -2.12. The van der Waals surface area contributed by atoms with Gasteiger partial charge < -0.3 is 15.4 Å². The summed E-state index contributed by atoms with van der Waals surface area (Å²) in [5.74, 6) is 1.20. The smallest absolute Gasteiger partial charge is 0.252 e. The minimum Gasteiger partial charge on any atom is -0.497 e. The van der Waals surface area contributed by atoms with E-state index in [0.29, 0.717) is 22.9 Å². The number of amides is 1. The summed E-state index contributed by atoms with van der Waals surface area (Å²) in [4.78, 5) is 17.6. The zero-order chi connectivity index (χ0) is 20.9. The van der Waals surface area contributed by atoms with Crippen LogP contribution in [0.2, 0.25) is 5.02 Å². The van der Waals surface area contributed by atoms with Crippen molar-refractivity contribution in [3.63, 3.8) is 0 Å². The van der Waals surface area contributed by atoms with Gasteiger partial charge in [-0.25, -0.2) is 4.98 Å². The molecule has 4 aromatic rings. The molecule has 0 fully saturated rings. The van der Waals surface area contributed by atoms with Crippen LogP contribution in [0.25, 0.3) is 10.9 Å². The number of pyridine rings is 1. The van der Waals surface area contributed by atoms with E-state index in [-0.39, 0.29) is 5.91 Å². The molecule has 4 rings (SSSR count). The van der Waals surface area contributed by atoms with Crippen molar-refractivity contribution in [2.75, 3.05) is 12.4 Å². The van der Waals surface area contributed by atoms with E-state index in [4.69, 9.17) is 16.3 Å². The lowest BCUT2D eigenvalue weighted by Crippen LogP contribution is -2.23. The third-order valence-electron chi connectivity index (χ3n) is 4.69. The summed E-state index contributed by atoms with van der Waals surface area (Å²) in [6.45, 7) is 0.411. The standard InChI is InChI=1S/C24H20ClN3O2/c1-30-19-12-10-18(11-13-19)27-23-14-21(20-4-2-3-5-22(20)28-23)24(29)26-15-16-6-8-17(25)9-7-16/h2-14H,15H2,1H3,(H,26,29)(H,27,28). The molecule has 5 nitrogen and oxygen atoms in total. The second-order valence-corrected chi connectivity index (χ2v) is 7.17. The van der Waals surface area contributed by atoms with Gasteiger partial charge in [-0.1, -0.05) is 41.9 Å². The van der Waals surface area contributed by atoms with Crippen LogP contribution in [0, 0.1) is 0 Å². The van der Waals surface area contributed by atoms with E-state index in [0.717, 1.165) is 27.9 Å². The highest BCUT2D eigenvalue weighted by Gasteiger charge is 2.13. The molecule has 0 aliphatic carbocycles. The Hall–Kier alpha value is -3.57. The Morgan fingerprint density at radius 2 is 1.73 bits per heavy atom. The molecule has 1 amide bonds. The molecule has 0 bridgehead atoms. The van der Waals surface area contributed by atoms with Crippen LogP contribution in [-0.2, 0) is 6.54 Å². The Bertz CT molecular complexity index is 1180. The van der Waals surface area contributed by atoms with Gasteiger partial charge in [0.2, 0.25) is 0 Å². The first-order valence-electron chi connectivity index (χ1n) is 9.46. The number of rotatable bonds is 6. The molecule has 0 atom stereocenters. The zero-order valence-electron chi connectivity index (χ0n) is 16.4. The number of methoxy groups -OCH3 is 1. The maximum absolute atomic E-state index is 13.0. The number of halogens is 1. The van der Waals surface area contributed by atoms with Crippen molar-refractivity contribution in [1.29, 1.82) is 0 Å². The molecule has 150 valence electrons. The number of para-hydroxylation sites is 1. The van der Waals surface area contributed by atoms with Crippen molar-refractivity contribution in [2.24, 2.45) is 0 Å². The van der Waals surface area contributed by atoms with Gasteiger partial charge in [-0.05, 0) is 54.1 Å². The van der Waals surface area contributed by atoms with Crippen LogP contribution in [0.4, 0.5) is 11.5 Å². The summed E-state index contributed by atoms with van der Waals surface area (Å²) >= 11 is 5.93. The minimum atomic E-state index is -0.165. The summed E-state index contributed by atoms with van der Waals surface area (Å²) in [5, 5.41) is 7.70. The first kappa shape index (κ1) is 19.7. The predicted octanol–water partition coefficient (Wildman–Crippen LogP) is 5.57. The fourth-order valence-corrected chi connectivity index (χ4v) is 3.26. The van der Waals surface area contributed by atoms with E-state index in [1.807, 2.05) is 72.8 Å². The second kappa shape index (κ2) is 8.84. The second-order valence-electron chi connectivity index (χ2n) is 6.73. The van der Waals surface area contributed by atoms with Gasteiger partial charge in [0.05, 0.1) is 18.2 Å². The van der Waals surface area contributed by atoms with E-state index in [9.17, 15) is 4.79 Å². The molecule has 2 N–H and O–H groups in total. The van der Waals surface area contributed by atoms with E-state index >= 15 is 0 Å².